The molecule has 6 heteroatoms. The van der Waals surface area contributed by atoms with Crippen LogP contribution in [0.15, 0.2) is 29.6 Å². The molecule has 1 aromatic heterocycles. The van der Waals surface area contributed by atoms with Crippen LogP contribution in [-0.4, -0.2) is 22.2 Å². The Balaban J connectivity index is 2.04. The van der Waals surface area contributed by atoms with E-state index in [0.717, 1.165) is 11.4 Å². The molecule has 0 spiro atoms. The van der Waals surface area contributed by atoms with E-state index in [9.17, 15) is 4.79 Å². The quantitative estimate of drug-likeness (QED) is 0.877. The summed E-state index contributed by atoms with van der Waals surface area (Å²) in [6.07, 6.45) is 0.135. The summed E-state index contributed by atoms with van der Waals surface area (Å²) in [6, 6.07) is 7.43. The molecule has 0 saturated heterocycles. The second-order valence-corrected chi connectivity index (χ2v) is 5.02. The molecule has 1 heterocycles. The lowest BCUT2D eigenvalue weighted by molar-refractivity contribution is 0.0691. The van der Waals surface area contributed by atoms with E-state index in [1.54, 1.807) is 0 Å². The Morgan fingerprint density at radius 2 is 2.05 bits per heavy atom. The predicted octanol–water partition coefficient (Wildman–Crippen LogP) is 3.37. The molecule has 0 aliphatic heterocycles. The molecule has 0 bridgehead atoms. The average molecular weight is 278 g/mol. The number of nitrogens with one attached hydrogen (secondary N) is 1. The molecular weight excluding hydrogens is 264 g/mol. The van der Waals surface area contributed by atoms with Crippen LogP contribution in [0.2, 0.25) is 0 Å². The number of thiazole rings is 1. The van der Waals surface area contributed by atoms with Gasteiger partial charge in [-0.1, -0.05) is 0 Å². The van der Waals surface area contributed by atoms with Crippen molar-refractivity contribution in [3.8, 4) is 5.75 Å². The predicted molar refractivity (Wildman–Crippen MR) is 74.6 cm³/mol. The second kappa shape index (κ2) is 5.71. The fourth-order valence-electron chi connectivity index (χ4n) is 1.44. The van der Waals surface area contributed by atoms with Gasteiger partial charge in [0.2, 0.25) is 0 Å². The summed E-state index contributed by atoms with van der Waals surface area (Å²) < 4.78 is 5.54. The SMILES string of the molecule is CC(C)Oc1ccc(Nc2nc(C(=O)O)cs2)cc1. The maximum absolute atomic E-state index is 10.7. The van der Waals surface area contributed by atoms with Gasteiger partial charge in [0.1, 0.15) is 5.75 Å². The molecule has 5 nitrogen and oxygen atoms in total. The largest absolute Gasteiger partial charge is 0.491 e. The Morgan fingerprint density at radius 1 is 1.37 bits per heavy atom. The summed E-state index contributed by atoms with van der Waals surface area (Å²) in [5, 5.41) is 13.9. The molecule has 2 rings (SSSR count). The molecule has 0 radical (unpaired) electrons. The van der Waals surface area contributed by atoms with E-state index in [2.05, 4.69) is 10.3 Å². The van der Waals surface area contributed by atoms with Gasteiger partial charge in [-0.05, 0) is 38.1 Å². The van der Waals surface area contributed by atoms with Gasteiger partial charge in [0.15, 0.2) is 10.8 Å². The Labute approximate surface area is 114 Å². The first-order valence-corrected chi connectivity index (χ1v) is 6.65. The molecule has 0 fully saturated rings. The van der Waals surface area contributed by atoms with Gasteiger partial charge in [-0.3, -0.25) is 0 Å². The van der Waals surface area contributed by atoms with E-state index >= 15 is 0 Å². The Hall–Kier alpha value is -2.08. The first-order valence-electron chi connectivity index (χ1n) is 5.77. The Bertz CT molecular complexity index is 564. The van der Waals surface area contributed by atoms with Crippen LogP contribution in [0.1, 0.15) is 24.3 Å². The number of carboxylic acids is 1. The third-order valence-electron chi connectivity index (χ3n) is 2.20. The molecule has 0 amide bonds. The zero-order valence-corrected chi connectivity index (χ0v) is 11.4. The molecule has 0 unspecified atom stereocenters. The minimum atomic E-state index is -1.02. The Morgan fingerprint density at radius 3 is 2.58 bits per heavy atom. The third kappa shape index (κ3) is 3.69. The highest BCUT2D eigenvalue weighted by Crippen LogP contribution is 2.23. The molecule has 2 aromatic rings. The molecule has 0 saturated carbocycles. The minimum absolute atomic E-state index is 0.0484. The monoisotopic (exact) mass is 278 g/mol. The summed E-state index contributed by atoms with van der Waals surface area (Å²) in [5.74, 6) is -0.226. The topological polar surface area (TPSA) is 71.5 Å². The van der Waals surface area contributed by atoms with Crippen molar-refractivity contribution in [1.29, 1.82) is 0 Å². The lowest BCUT2D eigenvalue weighted by atomic mass is 10.3. The number of hydrogen-bond donors (Lipinski definition) is 2. The van der Waals surface area contributed by atoms with Crippen molar-refractivity contribution in [1.82, 2.24) is 4.98 Å². The highest BCUT2D eigenvalue weighted by Gasteiger charge is 2.08. The van der Waals surface area contributed by atoms with Gasteiger partial charge in [-0.25, -0.2) is 9.78 Å². The standard InChI is InChI=1S/C13H14N2O3S/c1-8(2)18-10-5-3-9(4-6-10)14-13-15-11(7-19-13)12(16)17/h3-8H,1-2H3,(H,14,15)(H,16,17). The van der Waals surface area contributed by atoms with Gasteiger partial charge >= 0.3 is 5.97 Å². The number of nitrogens with zero attached hydrogens (tertiary/aromatic N) is 1. The third-order valence-corrected chi connectivity index (χ3v) is 2.96. The van der Waals surface area contributed by atoms with Crippen molar-refractivity contribution in [3.05, 3.63) is 35.3 Å². The fourth-order valence-corrected chi connectivity index (χ4v) is 2.15. The molecule has 19 heavy (non-hydrogen) atoms. The van der Waals surface area contributed by atoms with E-state index in [4.69, 9.17) is 9.84 Å². The molecule has 0 aliphatic rings. The van der Waals surface area contributed by atoms with Crippen LogP contribution in [0, 0.1) is 0 Å². The fraction of sp³-hybridized carbons (Fsp3) is 0.231. The van der Waals surface area contributed by atoms with Gasteiger partial charge < -0.3 is 15.2 Å². The lowest BCUT2D eigenvalue weighted by Crippen LogP contribution is -2.05. The van der Waals surface area contributed by atoms with Crippen LogP contribution in [0.4, 0.5) is 10.8 Å². The lowest BCUT2D eigenvalue weighted by Gasteiger charge is -2.10. The van der Waals surface area contributed by atoms with Gasteiger partial charge in [0.05, 0.1) is 6.10 Å². The maximum Gasteiger partial charge on any atom is 0.355 e. The summed E-state index contributed by atoms with van der Waals surface area (Å²) in [7, 11) is 0. The number of hydrogen-bond acceptors (Lipinski definition) is 5. The first-order chi connectivity index (χ1) is 9.04. The first kappa shape index (κ1) is 13.4. The number of carbonyl (C=O) groups is 1. The van der Waals surface area contributed by atoms with Gasteiger partial charge in [-0.15, -0.1) is 11.3 Å². The molecular formula is C13H14N2O3S. The van der Waals surface area contributed by atoms with Crippen LogP contribution in [0.25, 0.3) is 0 Å². The second-order valence-electron chi connectivity index (χ2n) is 4.16. The van der Waals surface area contributed by atoms with Gasteiger partial charge in [0, 0.05) is 11.1 Å². The number of ether oxygens (including phenoxy) is 1. The average Bonchev–Trinajstić information content (AvgIpc) is 2.80. The zero-order valence-electron chi connectivity index (χ0n) is 10.6. The number of anilines is 2. The minimum Gasteiger partial charge on any atom is -0.491 e. The summed E-state index contributed by atoms with van der Waals surface area (Å²) >= 11 is 1.25. The van der Waals surface area contributed by atoms with Crippen molar-refractivity contribution in [3.63, 3.8) is 0 Å². The number of benzene rings is 1. The molecule has 100 valence electrons. The smallest absolute Gasteiger partial charge is 0.355 e. The van der Waals surface area contributed by atoms with Crippen molar-refractivity contribution in [2.45, 2.75) is 20.0 Å². The molecule has 0 atom stereocenters. The number of aromatic nitrogens is 1. The van der Waals surface area contributed by atoms with E-state index in [0.29, 0.717) is 5.13 Å². The van der Waals surface area contributed by atoms with Crippen molar-refractivity contribution >= 4 is 28.1 Å². The molecule has 2 N–H and O–H groups in total. The van der Waals surface area contributed by atoms with E-state index in [1.807, 2.05) is 38.1 Å². The van der Waals surface area contributed by atoms with Crippen molar-refractivity contribution < 1.29 is 14.6 Å². The summed E-state index contributed by atoms with van der Waals surface area (Å²) in [5.41, 5.74) is 0.884. The molecule has 1 aromatic carbocycles. The van der Waals surface area contributed by atoms with Crippen molar-refractivity contribution in [2.24, 2.45) is 0 Å². The van der Waals surface area contributed by atoms with Gasteiger partial charge in [0.25, 0.3) is 0 Å². The summed E-state index contributed by atoms with van der Waals surface area (Å²) in [6.45, 7) is 3.93. The van der Waals surface area contributed by atoms with E-state index < -0.39 is 5.97 Å². The van der Waals surface area contributed by atoms with Crippen LogP contribution in [0.5, 0.6) is 5.75 Å². The Kier molecular flexibility index (Phi) is 4.01. The van der Waals surface area contributed by atoms with Gasteiger partial charge in [-0.2, -0.15) is 0 Å². The zero-order chi connectivity index (χ0) is 13.8. The maximum atomic E-state index is 10.7. The summed E-state index contributed by atoms with van der Waals surface area (Å²) in [4.78, 5) is 14.7. The number of aromatic carboxylic acids is 1. The number of rotatable bonds is 5. The highest BCUT2D eigenvalue weighted by molar-refractivity contribution is 7.14. The number of carboxylic acid groups (broad SMARTS) is 1. The van der Waals surface area contributed by atoms with Crippen molar-refractivity contribution in [2.75, 3.05) is 5.32 Å². The van der Waals surface area contributed by atoms with E-state index in [1.165, 1.54) is 16.7 Å². The van der Waals surface area contributed by atoms with Crippen LogP contribution in [-0.2, 0) is 0 Å². The normalized spacial score (nSPS) is 10.5. The van der Waals surface area contributed by atoms with Crippen LogP contribution in [0.3, 0.4) is 0 Å². The van der Waals surface area contributed by atoms with Crippen LogP contribution >= 0.6 is 11.3 Å². The van der Waals surface area contributed by atoms with E-state index in [-0.39, 0.29) is 11.8 Å². The molecule has 0 aliphatic carbocycles. The van der Waals surface area contributed by atoms with Crippen LogP contribution < -0.4 is 10.1 Å². The highest BCUT2D eigenvalue weighted by atomic mass is 32.1.